The Kier molecular flexibility index (Phi) is 3.46. The van der Waals surface area contributed by atoms with Crippen molar-refractivity contribution in [2.45, 2.75) is 26.3 Å². The predicted molar refractivity (Wildman–Crippen MR) is 65.6 cm³/mol. The van der Waals surface area contributed by atoms with Crippen molar-refractivity contribution in [2.24, 2.45) is 0 Å². The van der Waals surface area contributed by atoms with Crippen molar-refractivity contribution in [1.82, 2.24) is 15.0 Å². The topological polar surface area (TPSA) is 50.7 Å². The van der Waals surface area contributed by atoms with Gasteiger partial charge in [-0.25, -0.2) is 4.98 Å². The van der Waals surface area contributed by atoms with Crippen LogP contribution in [0, 0.1) is 0 Å². The van der Waals surface area contributed by atoms with Crippen LogP contribution >= 0.6 is 11.3 Å². The van der Waals surface area contributed by atoms with E-state index in [1.807, 2.05) is 11.7 Å². The van der Waals surface area contributed by atoms with Crippen LogP contribution in [0.25, 0.3) is 0 Å². The molecule has 2 aromatic heterocycles. The molecule has 16 heavy (non-hydrogen) atoms. The van der Waals surface area contributed by atoms with Gasteiger partial charge in [-0.3, -0.25) is 9.97 Å². The zero-order valence-electron chi connectivity index (χ0n) is 9.34. The number of aromatic nitrogens is 3. The first kappa shape index (κ1) is 11.0. The van der Waals surface area contributed by atoms with Crippen LogP contribution in [0.4, 0.5) is 5.82 Å². The van der Waals surface area contributed by atoms with Gasteiger partial charge < -0.3 is 5.32 Å². The van der Waals surface area contributed by atoms with E-state index in [0.29, 0.717) is 5.92 Å². The van der Waals surface area contributed by atoms with Gasteiger partial charge in [-0.05, 0) is 5.92 Å². The highest BCUT2D eigenvalue weighted by Crippen LogP contribution is 2.19. The van der Waals surface area contributed by atoms with Crippen LogP contribution in [0.15, 0.2) is 24.1 Å². The molecule has 4 nitrogen and oxygen atoms in total. The number of thiazole rings is 1. The Morgan fingerprint density at radius 1 is 1.31 bits per heavy atom. The van der Waals surface area contributed by atoms with Gasteiger partial charge in [-0.15, -0.1) is 11.3 Å². The largest absolute Gasteiger partial charge is 0.364 e. The number of anilines is 1. The predicted octanol–water partition coefficient (Wildman–Crippen LogP) is 2.67. The van der Waals surface area contributed by atoms with Gasteiger partial charge in [0.25, 0.3) is 0 Å². The third-order valence-corrected chi connectivity index (χ3v) is 2.97. The van der Waals surface area contributed by atoms with E-state index >= 15 is 0 Å². The number of nitrogens with zero attached hydrogens (tertiary/aromatic N) is 3. The molecule has 2 rings (SSSR count). The number of hydrogen-bond donors (Lipinski definition) is 1. The minimum Gasteiger partial charge on any atom is -0.364 e. The summed E-state index contributed by atoms with van der Waals surface area (Å²) >= 11 is 1.63. The first-order valence-electron chi connectivity index (χ1n) is 5.19. The van der Waals surface area contributed by atoms with E-state index in [2.05, 4.69) is 34.1 Å². The molecule has 0 bridgehead atoms. The first-order valence-corrected chi connectivity index (χ1v) is 6.07. The number of hydrogen-bond acceptors (Lipinski definition) is 5. The molecule has 0 atom stereocenters. The summed E-state index contributed by atoms with van der Waals surface area (Å²) < 4.78 is 0. The molecular weight excluding hydrogens is 220 g/mol. The van der Waals surface area contributed by atoms with Crippen LogP contribution in [0.2, 0.25) is 0 Å². The molecule has 0 saturated carbocycles. The summed E-state index contributed by atoms with van der Waals surface area (Å²) in [5.41, 5.74) is 2.84. The SMILES string of the molecule is CC(C)c1nccnc1NCc1cncs1. The Labute approximate surface area is 98.8 Å². The Morgan fingerprint density at radius 2 is 2.12 bits per heavy atom. The van der Waals surface area contributed by atoms with Crippen LogP contribution in [0.5, 0.6) is 0 Å². The summed E-state index contributed by atoms with van der Waals surface area (Å²) in [5, 5.41) is 3.29. The molecule has 5 heteroatoms. The fraction of sp³-hybridized carbons (Fsp3) is 0.364. The molecule has 0 aromatic carbocycles. The third kappa shape index (κ3) is 2.55. The monoisotopic (exact) mass is 234 g/mol. The standard InChI is InChI=1S/C11H14N4S/c1-8(2)10-11(14-4-3-13-10)15-6-9-5-12-7-16-9/h3-5,7-8H,6H2,1-2H3,(H,14,15). The van der Waals surface area contributed by atoms with E-state index in [4.69, 9.17) is 0 Å². The maximum absolute atomic E-state index is 4.34. The molecular formula is C11H14N4S. The second-order valence-corrected chi connectivity index (χ2v) is 4.74. The second-order valence-electron chi connectivity index (χ2n) is 3.77. The Hall–Kier alpha value is -1.49. The highest BCUT2D eigenvalue weighted by Gasteiger charge is 2.08. The van der Waals surface area contributed by atoms with Crippen LogP contribution in [-0.2, 0) is 6.54 Å². The van der Waals surface area contributed by atoms with Gasteiger partial charge in [0.15, 0.2) is 0 Å². The molecule has 0 aliphatic rings. The minimum atomic E-state index is 0.373. The van der Waals surface area contributed by atoms with E-state index in [1.54, 1.807) is 23.7 Å². The molecule has 2 heterocycles. The molecule has 0 fully saturated rings. The lowest BCUT2D eigenvalue weighted by atomic mass is 10.1. The van der Waals surface area contributed by atoms with Gasteiger partial charge in [0, 0.05) is 23.5 Å². The molecule has 0 spiro atoms. The van der Waals surface area contributed by atoms with Crippen LogP contribution < -0.4 is 5.32 Å². The van der Waals surface area contributed by atoms with Gasteiger partial charge in [-0.1, -0.05) is 13.8 Å². The molecule has 0 amide bonds. The van der Waals surface area contributed by atoms with Crippen molar-refractivity contribution in [1.29, 1.82) is 0 Å². The maximum Gasteiger partial charge on any atom is 0.148 e. The highest BCUT2D eigenvalue weighted by molar-refractivity contribution is 7.09. The summed E-state index contributed by atoms with van der Waals surface area (Å²) in [6.45, 7) is 4.98. The van der Waals surface area contributed by atoms with Crippen LogP contribution in [0.1, 0.15) is 30.3 Å². The van der Waals surface area contributed by atoms with Crippen molar-refractivity contribution in [2.75, 3.05) is 5.32 Å². The summed E-state index contributed by atoms with van der Waals surface area (Å²) in [7, 11) is 0. The first-order chi connectivity index (χ1) is 7.77. The van der Waals surface area contributed by atoms with Gasteiger partial charge >= 0.3 is 0 Å². The van der Waals surface area contributed by atoms with Crippen molar-refractivity contribution in [3.63, 3.8) is 0 Å². The van der Waals surface area contributed by atoms with E-state index < -0.39 is 0 Å². The second kappa shape index (κ2) is 5.03. The zero-order valence-corrected chi connectivity index (χ0v) is 10.2. The van der Waals surface area contributed by atoms with E-state index in [-0.39, 0.29) is 0 Å². The smallest absolute Gasteiger partial charge is 0.148 e. The zero-order chi connectivity index (χ0) is 11.4. The van der Waals surface area contributed by atoms with E-state index in [9.17, 15) is 0 Å². The highest BCUT2D eigenvalue weighted by atomic mass is 32.1. The quantitative estimate of drug-likeness (QED) is 0.883. The van der Waals surface area contributed by atoms with Crippen molar-refractivity contribution >= 4 is 17.2 Å². The van der Waals surface area contributed by atoms with Crippen molar-refractivity contribution in [3.8, 4) is 0 Å². The average molecular weight is 234 g/mol. The average Bonchev–Trinajstić information content (AvgIpc) is 2.79. The lowest BCUT2D eigenvalue weighted by molar-refractivity contribution is 0.811. The summed E-state index contributed by atoms with van der Waals surface area (Å²) in [6, 6.07) is 0. The van der Waals surface area contributed by atoms with Gasteiger partial charge in [0.1, 0.15) is 5.82 Å². The Morgan fingerprint density at radius 3 is 2.81 bits per heavy atom. The van der Waals surface area contributed by atoms with Crippen molar-refractivity contribution < 1.29 is 0 Å². The van der Waals surface area contributed by atoms with Crippen molar-refractivity contribution in [3.05, 3.63) is 34.7 Å². The Bertz CT molecular complexity index is 439. The van der Waals surface area contributed by atoms with Gasteiger partial charge in [0.2, 0.25) is 0 Å². The number of rotatable bonds is 4. The molecule has 1 N–H and O–H groups in total. The molecule has 0 saturated heterocycles. The fourth-order valence-electron chi connectivity index (χ4n) is 1.41. The van der Waals surface area contributed by atoms with Crippen LogP contribution in [-0.4, -0.2) is 15.0 Å². The van der Waals surface area contributed by atoms with E-state index in [1.165, 1.54) is 4.88 Å². The molecule has 84 valence electrons. The molecule has 2 aromatic rings. The lowest BCUT2D eigenvalue weighted by Gasteiger charge is -2.10. The van der Waals surface area contributed by atoms with Crippen LogP contribution in [0.3, 0.4) is 0 Å². The molecule has 0 radical (unpaired) electrons. The molecule has 0 aliphatic carbocycles. The number of nitrogens with one attached hydrogen (secondary N) is 1. The molecule has 0 unspecified atom stereocenters. The third-order valence-electron chi connectivity index (χ3n) is 2.19. The lowest BCUT2D eigenvalue weighted by Crippen LogP contribution is -2.06. The molecule has 0 aliphatic heterocycles. The fourth-order valence-corrected chi connectivity index (χ4v) is 1.94. The maximum atomic E-state index is 4.34. The van der Waals surface area contributed by atoms with Gasteiger partial charge in [0.05, 0.1) is 17.7 Å². The summed E-state index contributed by atoms with van der Waals surface area (Å²) in [5.74, 6) is 1.24. The Balaban J connectivity index is 2.09. The summed E-state index contributed by atoms with van der Waals surface area (Å²) in [6.07, 6.45) is 5.30. The van der Waals surface area contributed by atoms with Gasteiger partial charge in [-0.2, -0.15) is 0 Å². The van der Waals surface area contributed by atoms with E-state index in [0.717, 1.165) is 18.1 Å². The normalized spacial score (nSPS) is 10.7. The summed E-state index contributed by atoms with van der Waals surface area (Å²) in [4.78, 5) is 13.9. The minimum absolute atomic E-state index is 0.373.